The largest absolute Gasteiger partial charge is 0.353 e. The normalized spacial score (nSPS) is 14.5. The Kier molecular flexibility index (Phi) is 5.88. The number of nitro groups is 1. The molecule has 0 amide bonds. The molecule has 4 rings (SSSR count). The highest BCUT2D eigenvalue weighted by atomic mass is 16.6. The zero-order valence-corrected chi connectivity index (χ0v) is 17.0. The minimum absolute atomic E-state index is 0.0698. The van der Waals surface area contributed by atoms with Gasteiger partial charge in [-0.2, -0.15) is 0 Å². The van der Waals surface area contributed by atoms with Crippen LogP contribution in [0.4, 0.5) is 23.0 Å². The van der Waals surface area contributed by atoms with Gasteiger partial charge in [0.1, 0.15) is 6.33 Å². The molecule has 0 atom stereocenters. The Morgan fingerprint density at radius 1 is 1.07 bits per heavy atom. The van der Waals surface area contributed by atoms with Crippen LogP contribution in [0.5, 0.6) is 0 Å². The Hall–Kier alpha value is -3.48. The van der Waals surface area contributed by atoms with Gasteiger partial charge in [0.2, 0.25) is 11.6 Å². The third kappa shape index (κ3) is 4.56. The van der Waals surface area contributed by atoms with E-state index in [1.165, 1.54) is 11.9 Å². The van der Waals surface area contributed by atoms with Crippen molar-refractivity contribution in [1.29, 1.82) is 0 Å². The van der Waals surface area contributed by atoms with Crippen molar-refractivity contribution in [3.8, 4) is 0 Å². The van der Waals surface area contributed by atoms with Gasteiger partial charge in [-0.25, -0.2) is 9.97 Å². The molecule has 1 N–H and O–H groups in total. The van der Waals surface area contributed by atoms with E-state index in [0.29, 0.717) is 11.7 Å². The fourth-order valence-corrected chi connectivity index (χ4v) is 3.93. The molecule has 0 radical (unpaired) electrons. The Labute approximate surface area is 175 Å². The van der Waals surface area contributed by atoms with Gasteiger partial charge in [-0.1, -0.05) is 48.0 Å². The Balaban J connectivity index is 1.50. The van der Waals surface area contributed by atoms with E-state index in [9.17, 15) is 10.1 Å². The van der Waals surface area contributed by atoms with Gasteiger partial charge in [0.25, 0.3) is 0 Å². The molecule has 2 aromatic carbocycles. The lowest BCUT2D eigenvalue weighted by molar-refractivity contribution is -0.383. The van der Waals surface area contributed by atoms with Crippen LogP contribution in [0.3, 0.4) is 0 Å². The third-order valence-corrected chi connectivity index (χ3v) is 5.58. The molecule has 1 aromatic heterocycles. The first-order valence-electron chi connectivity index (χ1n) is 10.2. The summed E-state index contributed by atoms with van der Waals surface area (Å²) in [6.07, 6.45) is 4.41. The zero-order valence-electron chi connectivity index (χ0n) is 17.0. The summed E-state index contributed by atoms with van der Waals surface area (Å²) < 4.78 is 0. The summed E-state index contributed by atoms with van der Waals surface area (Å²) in [6, 6.07) is 18.2. The molecule has 0 spiro atoms. The van der Waals surface area contributed by atoms with Crippen molar-refractivity contribution in [1.82, 2.24) is 9.97 Å². The van der Waals surface area contributed by atoms with Crippen LogP contribution in [0, 0.1) is 23.0 Å². The molecule has 3 aromatic rings. The molecule has 0 unspecified atom stereocenters. The van der Waals surface area contributed by atoms with Crippen LogP contribution in [-0.2, 0) is 6.42 Å². The van der Waals surface area contributed by atoms with Crippen LogP contribution in [-0.4, -0.2) is 28.0 Å². The topological polar surface area (TPSA) is 84.2 Å². The molecule has 0 bridgehead atoms. The van der Waals surface area contributed by atoms with E-state index in [-0.39, 0.29) is 16.4 Å². The predicted molar refractivity (Wildman–Crippen MR) is 118 cm³/mol. The van der Waals surface area contributed by atoms with Crippen molar-refractivity contribution < 1.29 is 4.92 Å². The number of anilines is 3. The van der Waals surface area contributed by atoms with Crippen molar-refractivity contribution in [3.05, 3.63) is 82.2 Å². The van der Waals surface area contributed by atoms with E-state index in [4.69, 9.17) is 0 Å². The maximum Gasteiger partial charge on any atom is 0.353 e. The maximum absolute atomic E-state index is 11.9. The molecule has 1 saturated heterocycles. The number of aryl methyl sites for hydroxylation is 1. The van der Waals surface area contributed by atoms with Crippen molar-refractivity contribution in [2.75, 3.05) is 23.3 Å². The number of aromatic nitrogens is 2. The minimum Gasteiger partial charge on any atom is -0.351 e. The van der Waals surface area contributed by atoms with Crippen LogP contribution in [0.15, 0.2) is 60.9 Å². The number of piperidine rings is 1. The Bertz CT molecular complexity index is 1000. The fourth-order valence-electron chi connectivity index (χ4n) is 3.93. The number of benzene rings is 2. The monoisotopic (exact) mass is 403 g/mol. The van der Waals surface area contributed by atoms with Crippen molar-refractivity contribution in [2.45, 2.75) is 26.2 Å². The molecule has 7 heteroatoms. The summed E-state index contributed by atoms with van der Waals surface area (Å²) in [5, 5.41) is 15.0. The van der Waals surface area contributed by atoms with Gasteiger partial charge < -0.3 is 10.2 Å². The lowest BCUT2D eigenvalue weighted by atomic mass is 9.90. The Morgan fingerprint density at radius 2 is 1.77 bits per heavy atom. The number of nitrogens with one attached hydrogen (secondary N) is 1. The molecule has 30 heavy (non-hydrogen) atoms. The van der Waals surface area contributed by atoms with Crippen molar-refractivity contribution in [3.63, 3.8) is 0 Å². The Morgan fingerprint density at radius 3 is 2.43 bits per heavy atom. The van der Waals surface area contributed by atoms with Gasteiger partial charge in [0.05, 0.1) is 4.92 Å². The number of rotatable bonds is 6. The summed E-state index contributed by atoms with van der Waals surface area (Å²) in [5.74, 6) is 1.19. The summed E-state index contributed by atoms with van der Waals surface area (Å²) in [4.78, 5) is 22.0. The molecule has 0 saturated carbocycles. The molecule has 7 nitrogen and oxygen atoms in total. The quantitative estimate of drug-likeness (QED) is 0.466. The first-order chi connectivity index (χ1) is 14.6. The summed E-state index contributed by atoms with van der Waals surface area (Å²) in [6.45, 7) is 3.50. The molecule has 1 aliphatic rings. The van der Waals surface area contributed by atoms with Crippen LogP contribution in [0.2, 0.25) is 0 Å². The van der Waals surface area contributed by atoms with Crippen LogP contribution >= 0.6 is 0 Å². The van der Waals surface area contributed by atoms with E-state index < -0.39 is 0 Å². The molecular weight excluding hydrogens is 378 g/mol. The average Bonchev–Trinajstić information content (AvgIpc) is 2.76. The minimum atomic E-state index is -0.387. The first kappa shape index (κ1) is 19.8. The first-order valence-corrected chi connectivity index (χ1v) is 10.2. The zero-order chi connectivity index (χ0) is 20.9. The second-order valence-corrected chi connectivity index (χ2v) is 7.76. The average molecular weight is 403 g/mol. The second kappa shape index (κ2) is 8.90. The highest BCUT2D eigenvalue weighted by Gasteiger charge is 2.30. The van der Waals surface area contributed by atoms with E-state index in [0.717, 1.165) is 43.6 Å². The summed E-state index contributed by atoms with van der Waals surface area (Å²) in [5.41, 5.74) is 3.15. The molecular formula is C23H25N5O2. The SMILES string of the molecule is Cc1ccc(Nc2ncnc(N3CCC(Cc4ccccc4)CC3)c2[N+](=O)[O-])cc1. The number of hydrogen-bond acceptors (Lipinski definition) is 6. The second-order valence-electron chi connectivity index (χ2n) is 7.76. The smallest absolute Gasteiger partial charge is 0.351 e. The van der Waals surface area contributed by atoms with Gasteiger partial charge in [-0.3, -0.25) is 10.1 Å². The van der Waals surface area contributed by atoms with Gasteiger partial charge in [0, 0.05) is 18.8 Å². The van der Waals surface area contributed by atoms with Crippen molar-refractivity contribution >= 4 is 23.0 Å². The molecule has 1 aliphatic heterocycles. The lowest BCUT2D eigenvalue weighted by Gasteiger charge is -2.32. The highest BCUT2D eigenvalue weighted by Crippen LogP contribution is 2.35. The van der Waals surface area contributed by atoms with E-state index in [1.807, 2.05) is 42.2 Å². The molecule has 0 aliphatic carbocycles. The third-order valence-electron chi connectivity index (χ3n) is 5.58. The maximum atomic E-state index is 11.9. The van der Waals surface area contributed by atoms with Gasteiger partial charge in [0.15, 0.2) is 0 Å². The van der Waals surface area contributed by atoms with Crippen LogP contribution < -0.4 is 10.2 Å². The standard InChI is InChI=1S/C23H25N5O2/c1-17-7-9-20(10-8-17)26-22-21(28(29)30)23(25-16-24-22)27-13-11-19(12-14-27)15-18-5-3-2-4-6-18/h2-10,16,19H,11-15H2,1H3,(H,24,25,26). The van der Waals surface area contributed by atoms with Crippen LogP contribution in [0.25, 0.3) is 0 Å². The predicted octanol–water partition coefficient (Wildman–Crippen LogP) is 4.90. The number of nitrogens with zero attached hydrogens (tertiary/aromatic N) is 4. The van der Waals surface area contributed by atoms with E-state index in [1.54, 1.807) is 0 Å². The molecule has 1 fully saturated rings. The number of hydrogen-bond donors (Lipinski definition) is 1. The van der Waals surface area contributed by atoms with Crippen LogP contribution in [0.1, 0.15) is 24.0 Å². The fraction of sp³-hybridized carbons (Fsp3) is 0.304. The van der Waals surface area contributed by atoms with E-state index in [2.05, 4.69) is 39.6 Å². The summed E-state index contributed by atoms with van der Waals surface area (Å²) >= 11 is 0. The molecule has 2 heterocycles. The lowest BCUT2D eigenvalue weighted by Crippen LogP contribution is -2.35. The van der Waals surface area contributed by atoms with E-state index >= 15 is 0 Å². The van der Waals surface area contributed by atoms with Gasteiger partial charge in [-0.15, -0.1) is 0 Å². The van der Waals surface area contributed by atoms with Gasteiger partial charge >= 0.3 is 5.69 Å². The highest BCUT2D eigenvalue weighted by molar-refractivity contribution is 5.74. The molecule has 154 valence electrons. The van der Waals surface area contributed by atoms with Crippen molar-refractivity contribution in [2.24, 2.45) is 5.92 Å². The van der Waals surface area contributed by atoms with Gasteiger partial charge in [-0.05, 0) is 49.8 Å². The summed E-state index contributed by atoms with van der Waals surface area (Å²) in [7, 11) is 0.